The molecule has 10 rings (SSSR count). The van der Waals surface area contributed by atoms with E-state index in [0.717, 1.165) is 38.0 Å². The van der Waals surface area contributed by atoms with Crippen molar-refractivity contribution in [2.45, 2.75) is 98.9 Å². The van der Waals surface area contributed by atoms with Gasteiger partial charge in [-0.15, -0.1) is 0 Å². The minimum atomic E-state index is -4.49. The number of ether oxygens (including phenoxy) is 2. The fourth-order valence-corrected chi connectivity index (χ4v) is 9.28. The number of carbonyl (C=O) groups is 2. The number of benzene rings is 2. The van der Waals surface area contributed by atoms with E-state index < -0.39 is 70.8 Å². The van der Waals surface area contributed by atoms with Gasteiger partial charge in [0.2, 0.25) is 5.82 Å². The third kappa shape index (κ3) is 15.0. The molecule has 0 amide bonds. The van der Waals surface area contributed by atoms with Gasteiger partial charge >= 0.3 is 65.4 Å². The van der Waals surface area contributed by atoms with Crippen LogP contribution in [0.5, 0.6) is 0 Å². The summed E-state index contributed by atoms with van der Waals surface area (Å²) in [6.45, 7) is 7.38. The monoisotopic (exact) mass is 1270 g/mol. The predicted molar refractivity (Wildman–Crippen MR) is 303 cm³/mol. The number of rotatable bonds is 17. The molecule has 0 aliphatic carbocycles. The second-order valence-corrected chi connectivity index (χ2v) is 19.3. The summed E-state index contributed by atoms with van der Waals surface area (Å²) < 4.78 is 102. The van der Waals surface area contributed by atoms with Crippen molar-refractivity contribution in [3.8, 4) is 22.8 Å². The first-order valence-corrected chi connectivity index (χ1v) is 27.1. The molecule has 466 valence electrons. The van der Waals surface area contributed by atoms with Gasteiger partial charge in [-0.05, 0) is 67.9 Å². The maximum atomic E-state index is 13.6. The number of imidazole rings is 4. The smallest absolute Gasteiger partial charge is 0.870 e. The van der Waals surface area contributed by atoms with Crippen molar-refractivity contribution in [1.29, 1.82) is 0 Å². The number of aromatic nitrogens is 16. The van der Waals surface area contributed by atoms with Crippen molar-refractivity contribution in [2.24, 2.45) is 14.1 Å². The van der Waals surface area contributed by atoms with Crippen LogP contribution in [0.2, 0.25) is 0 Å². The average molecular weight is 1270 g/mol. The van der Waals surface area contributed by atoms with Crippen LogP contribution in [0, 0.1) is 0 Å². The number of esters is 1. The van der Waals surface area contributed by atoms with E-state index in [4.69, 9.17) is 21.1 Å². The maximum absolute atomic E-state index is 13.6. The van der Waals surface area contributed by atoms with Gasteiger partial charge in [0.05, 0.1) is 47.7 Å². The standard InChI is InChI=1S/C27H27F3N8O4.C23H22ClF3N6O4.C5H5N2O.Na.H2O/c1-4-10-37-24(39)20-22(36(5-2)26(37)41)33-21(38(20)16-42-25(40)23-31-9-11-34(23)3)18-13-32-35(15-18)14-17-7-6-8-19(12-17)27(28,29)30;1-3-8-32-20(34)17-19(31(4-2)21(32)35)29-18(33(17)22(36)37-13-24)15-10-28-30(12-15)11-14-6-5-7-16(9-14)23(25,26)27;1-7-3-2-6-5(7)4-8;;/h6-9,11-13,15H,4-5,10,14,16H2,1-3H3;5-7,9-10,12H,3-4,8,11,13H2,1-2H3;2-3H,1H3;;1H2/q;;-1;+1;/p-1. The van der Waals surface area contributed by atoms with Crippen LogP contribution in [-0.2, 0) is 86.7 Å². The Kier molecular flexibility index (Phi) is 22.8. The molecule has 0 saturated heterocycles. The van der Waals surface area contributed by atoms with E-state index in [-0.39, 0.29) is 120 Å². The molecule has 2 aromatic carbocycles. The van der Waals surface area contributed by atoms with Crippen LogP contribution in [0.25, 0.3) is 45.1 Å². The van der Waals surface area contributed by atoms with Crippen LogP contribution >= 0.6 is 11.6 Å². The number of alkyl halides is 7. The molecule has 8 aromatic heterocycles. The Hall–Kier alpha value is -8.98. The van der Waals surface area contributed by atoms with Crippen LogP contribution in [0.4, 0.5) is 31.1 Å². The molecule has 89 heavy (non-hydrogen) atoms. The largest absolute Gasteiger partial charge is 1.00 e. The molecule has 1 N–H and O–H groups in total. The van der Waals surface area contributed by atoms with Crippen LogP contribution in [0.1, 0.15) is 79.2 Å². The number of aryl methyl sites for hydroxylation is 4. The fraction of sp³-hybridized carbons (Fsp3) is 0.327. The van der Waals surface area contributed by atoms with Crippen molar-refractivity contribution < 1.29 is 85.2 Å². The van der Waals surface area contributed by atoms with Gasteiger partial charge in [-0.3, -0.25) is 46.8 Å². The van der Waals surface area contributed by atoms with E-state index in [1.807, 2.05) is 6.92 Å². The number of fused-ring (bicyclic) bond motifs is 2. The van der Waals surface area contributed by atoms with E-state index in [0.29, 0.717) is 35.4 Å². The molecule has 0 spiro atoms. The molecule has 0 unspecified atom stereocenters. The van der Waals surface area contributed by atoms with Crippen molar-refractivity contribution in [2.75, 3.05) is 6.07 Å². The van der Waals surface area contributed by atoms with Crippen molar-refractivity contribution in [3.63, 3.8) is 0 Å². The van der Waals surface area contributed by atoms with Crippen LogP contribution in [-0.4, -0.2) is 106 Å². The minimum Gasteiger partial charge on any atom is -0.870 e. The molecule has 0 radical (unpaired) electrons. The van der Waals surface area contributed by atoms with Gasteiger partial charge in [-0.2, -0.15) is 42.8 Å². The van der Waals surface area contributed by atoms with Gasteiger partial charge in [0.15, 0.2) is 40.9 Å². The summed E-state index contributed by atoms with van der Waals surface area (Å²) in [5.41, 5.74) is -2.59. The zero-order valence-corrected chi connectivity index (χ0v) is 51.5. The van der Waals surface area contributed by atoms with E-state index >= 15 is 0 Å². The number of halogens is 7. The second kappa shape index (κ2) is 29.3. The van der Waals surface area contributed by atoms with E-state index in [9.17, 15) is 59.9 Å². The molecule has 26 nitrogen and oxygen atoms in total. The molecule has 0 aliphatic rings. The van der Waals surface area contributed by atoms with Crippen LogP contribution in [0.3, 0.4) is 0 Å². The Morgan fingerprint density at radius 2 is 1.12 bits per heavy atom. The van der Waals surface area contributed by atoms with Gasteiger partial charge in [-0.25, -0.2) is 38.7 Å². The quantitative estimate of drug-likeness (QED) is 0.0411. The van der Waals surface area contributed by atoms with Crippen LogP contribution in [0.15, 0.2) is 117 Å². The molecule has 34 heteroatoms. The second-order valence-electron chi connectivity index (χ2n) is 19.1. The van der Waals surface area contributed by atoms with Crippen molar-refractivity contribution in [3.05, 3.63) is 174 Å². The van der Waals surface area contributed by atoms with Gasteiger partial charge in [0, 0.05) is 77.5 Å². The number of hydrogen-bond donors (Lipinski definition) is 0. The molecule has 0 aliphatic heterocycles. The summed E-state index contributed by atoms with van der Waals surface area (Å²) in [6.07, 6.45) is 4.82. The zero-order valence-electron chi connectivity index (χ0n) is 48.7. The minimum absolute atomic E-state index is 0. The summed E-state index contributed by atoms with van der Waals surface area (Å²) in [5, 5.41) is 8.46. The van der Waals surface area contributed by atoms with Crippen molar-refractivity contribution in [1.82, 2.24) is 76.0 Å². The Morgan fingerprint density at radius 1 is 0.640 bits per heavy atom. The normalized spacial score (nSPS) is 11.3. The number of carbonyl (C=O) groups excluding carboxylic acids is 3. The summed E-state index contributed by atoms with van der Waals surface area (Å²) in [5.74, 6) is -0.212. The third-order valence-electron chi connectivity index (χ3n) is 13.2. The molecule has 8 heterocycles. The van der Waals surface area contributed by atoms with E-state index in [1.54, 1.807) is 76.6 Å². The van der Waals surface area contributed by atoms with Gasteiger partial charge in [0.25, 0.3) is 11.1 Å². The SMILES string of the molecule is CCCn1c(=O)c2c(nc(-c3cnn(Cc4cccc(C(F)(F)F)c4)c3)n2C(=O)OCCl)n(CC)c1=O.CCCn1c(=O)c2c(nc(-c3cnn(Cc4cccc(C(F)(F)F)c4)c3)n2COC(=O)c2nccn2C)n(CC)c1=O.Cn1ccnc1[C-]=O.[Na+].[OH-]. The first kappa shape index (κ1) is 69.1. The molecule has 0 bridgehead atoms. The fourth-order valence-electron chi connectivity index (χ4n) is 9.18. The predicted octanol–water partition coefficient (Wildman–Crippen LogP) is 3.87. The average Bonchev–Trinajstić information content (AvgIpc) is 1.79. The summed E-state index contributed by atoms with van der Waals surface area (Å²) in [4.78, 5) is 105. The number of hydrogen-bond acceptors (Lipinski definition) is 16. The maximum Gasteiger partial charge on any atom is 1.00 e. The van der Waals surface area contributed by atoms with Crippen LogP contribution < -0.4 is 52.1 Å². The molecule has 0 atom stereocenters. The topological polar surface area (TPSA) is 295 Å². The van der Waals surface area contributed by atoms with Gasteiger partial charge in [0.1, 0.15) is 5.82 Å². The van der Waals surface area contributed by atoms with Gasteiger partial charge in [-0.1, -0.05) is 49.7 Å². The molecular weight excluding hydrogens is 1220 g/mol. The summed E-state index contributed by atoms with van der Waals surface area (Å²) >= 11 is 5.59. The Balaban J connectivity index is 0.000000248. The Labute approximate surface area is 526 Å². The van der Waals surface area contributed by atoms with E-state index in [2.05, 4.69) is 30.1 Å². The van der Waals surface area contributed by atoms with E-state index in [1.165, 1.54) is 70.6 Å². The Bertz CT molecular complexity index is 4410. The summed E-state index contributed by atoms with van der Waals surface area (Å²) in [7, 11) is 3.37. The first-order valence-electron chi connectivity index (χ1n) is 26.6. The van der Waals surface area contributed by atoms with Crippen molar-refractivity contribution >= 4 is 52.3 Å². The number of nitrogens with zero attached hydrogens (tertiary/aromatic N) is 16. The molecular formula is C55H55ClF6N16NaO10-. The Morgan fingerprint density at radius 3 is 1.56 bits per heavy atom. The summed E-state index contributed by atoms with van der Waals surface area (Å²) in [6, 6.07) is 9.24. The van der Waals surface area contributed by atoms with Gasteiger partial charge < -0.3 is 28.9 Å². The third-order valence-corrected chi connectivity index (χ3v) is 13.4. The zero-order chi connectivity index (χ0) is 63.1. The molecule has 0 saturated carbocycles. The molecule has 10 aromatic rings. The molecule has 0 fully saturated rings. The first-order chi connectivity index (χ1) is 41.5.